The minimum Gasteiger partial charge on any atom is -0.425 e. The van der Waals surface area contributed by atoms with Crippen molar-refractivity contribution in [2.45, 2.75) is 37.7 Å². The van der Waals surface area contributed by atoms with E-state index >= 15 is 0 Å². The molecule has 0 atom stereocenters. The maximum absolute atomic E-state index is 12.6. The standard InChI is InChI=1S/C15H16N4O2S/c1-3-8-19-14(20)11-6-4-5-7-12(11)16-15(19)22-9-13-18-17-10(2)21-13/h4-7H,3,8-9H2,1-2H3. The van der Waals surface area contributed by atoms with Crippen LogP contribution >= 0.6 is 11.8 Å². The van der Waals surface area contributed by atoms with E-state index in [0.717, 1.165) is 6.42 Å². The third-order valence-corrected chi connectivity index (χ3v) is 4.13. The Bertz CT molecular complexity index is 856. The van der Waals surface area contributed by atoms with Gasteiger partial charge in [-0.15, -0.1) is 10.2 Å². The lowest BCUT2D eigenvalue weighted by Crippen LogP contribution is -2.23. The van der Waals surface area contributed by atoms with Crippen molar-refractivity contribution in [3.8, 4) is 0 Å². The van der Waals surface area contributed by atoms with Gasteiger partial charge in [0.1, 0.15) is 0 Å². The fraction of sp³-hybridized carbons (Fsp3) is 0.333. The van der Waals surface area contributed by atoms with E-state index in [0.29, 0.717) is 40.1 Å². The Balaban J connectivity index is 1.99. The lowest BCUT2D eigenvalue weighted by molar-refractivity contribution is 0.485. The third-order valence-electron chi connectivity index (χ3n) is 3.17. The average Bonchev–Trinajstić information content (AvgIpc) is 2.94. The molecule has 0 saturated carbocycles. The molecule has 0 bridgehead atoms. The van der Waals surface area contributed by atoms with Crippen molar-refractivity contribution in [3.63, 3.8) is 0 Å². The minimum absolute atomic E-state index is 0.00309. The number of fused-ring (bicyclic) bond motifs is 1. The molecule has 3 aromatic rings. The van der Waals surface area contributed by atoms with Crippen LogP contribution in [0.5, 0.6) is 0 Å². The van der Waals surface area contributed by atoms with Crippen LogP contribution < -0.4 is 5.56 Å². The van der Waals surface area contributed by atoms with Crippen LogP contribution in [-0.4, -0.2) is 19.7 Å². The van der Waals surface area contributed by atoms with Crippen molar-refractivity contribution in [2.24, 2.45) is 0 Å². The molecule has 22 heavy (non-hydrogen) atoms. The summed E-state index contributed by atoms with van der Waals surface area (Å²) in [5.74, 6) is 1.57. The van der Waals surface area contributed by atoms with Crippen molar-refractivity contribution in [1.82, 2.24) is 19.7 Å². The summed E-state index contributed by atoms with van der Waals surface area (Å²) >= 11 is 1.44. The molecule has 0 N–H and O–H groups in total. The first-order valence-corrected chi connectivity index (χ1v) is 8.09. The molecule has 1 aromatic carbocycles. The molecule has 0 unspecified atom stereocenters. The smallest absolute Gasteiger partial charge is 0.262 e. The first-order chi connectivity index (χ1) is 10.7. The summed E-state index contributed by atoms with van der Waals surface area (Å²) in [7, 11) is 0. The molecule has 2 heterocycles. The van der Waals surface area contributed by atoms with Crippen molar-refractivity contribution in [2.75, 3.05) is 0 Å². The van der Waals surface area contributed by atoms with Gasteiger partial charge in [0.15, 0.2) is 5.16 Å². The maximum Gasteiger partial charge on any atom is 0.262 e. The Morgan fingerprint density at radius 1 is 1.27 bits per heavy atom. The topological polar surface area (TPSA) is 73.8 Å². The Labute approximate surface area is 131 Å². The summed E-state index contributed by atoms with van der Waals surface area (Å²) < 4.78 is 7.08. The van der Waals surface area contributed by atoms with E-state index in [9.17, 15) is 4.79 Å². The van der Waals surface area contributed by atoms with Gasteiger partial charge in [0, 0.05) is 13.5 Å². The monoisotopic (exact) mass is 316 g/mol. The van der Waals surface area contributed by atoms with Crippen LogP contribution in [0.25, 0.3) is 10.9 Å². The molecule has 7 heteroatoms. The summed E-state index contributed by atoms with van der Waals surface area (Å²) in [5, 5.41) is 9.10. The van der Waals surface area contributed by atoms with Crippen LogP contribution in [0.2, 0.25) is 0 Å². The number of hydrogen-bond donors (Lipinski definition) is 0. The summed E-state index contributed by atoms with van der Waals surface area (Å²) in [6.45, 7) is 4.43. The summed E-state index contributed by atoms with van der Waals surface area (Å²) in [4.78, 5) is 17.2. The quantitative estimate of drug-likeness (QED) is 0.532. The molecule has 0 radical (unpaired) electrons. The molecule has 0 amide bonds. The van der Waals surface area contributed by atoms with E-state index in [1.807, 2.05) is 31.2 Å². The molecule has 114 valence electrons. The second kappa shape index (κ2) is 6.31. The highest BCUT2D eigenvalue weighted by Gasteiger charge is 2.12. The maximum atomic E-state index is 12.6. The van der Waals surface area contributed by atoms with Crippen LogP contribution in [0.3, 0.4) is 0 Å². The first-order valence-electron chi connectivity index (χ1n) is 7.10. The van der Waals surface area contributed by atoms with Gasteiger partial charge < -0.3 is 4.42 Å². The lowest BCUT2D eigenvalue weighted by atomic mass is 10.2. The van der Waals surface area contributed by atoms with E-state index in [4.69, 9.17) is 4.42 Å². The van der Waals surface area contributed by atoms with E-state index in [2.05, 4.69) is 15.2 Å². The van der Waals surface area contributed by atoms with Gasteiger partial charge in [0.05, 0.1) is 16.7 Å². The molecular formula is C15H16N4O2S. The van der Waals surface area contributed by atoms with Crippen molar-refractivity contribution >= 4 is 22.7 Å². The summed E-state index contributed by atoms with van der Waals surface area (Å²) in [6.07, 6.45) is 0.868. The van der Waals surface area contributed by atoms with Gasteiger partial charge in [0.2, 0.25) is 11.8 Å². The molecule has 6 nitrogen and oxygen atoms in total. The second-order valence-electron chi connectivity index (χ2n) is 4.87. The number of thioether (sulfide) groups is 1. The molecule has 0 spiro atoms. The largest absolute Gasteiger partial charge is 0.425 e. The Morgan fingerprint density at radius 3 is 2.82 bits per heavy atom. The van der Waals surface area contributed by atoms with Crippen LogP contribution in [-0.2, 0) is 12.3 Å². The summed E-state index contributed by atoms with van der Waals surface area (Å²) in [5.41, 5.74) is 0.709. The zero-order chi connectivity index (χ0) is 15.5. The first kappa shape index (κ1) is 14.8. The van der Waals surface area contributed by atoms with Gasteiger partial charge in [-0.1, -0.05) is 30.8 Å². The number of aromatic nitrogens is 4. The Kier molecular flexibility index (Phi) is 4.24. The molecule has 0 aliphatic carbocycles. The molecule has 0 aliphatic heterocycles. The van der Waals surface area contributed by atoms with Crippen molar-refractivity contribution < 1.29 is 4.42 Å². The zero-order valence-corrected chi connectivity index (χ0v) is 13.3. The van der Waals surface area contributed by atoms with E-state index in [1.54, 1.807) is 11.5 Å². The Morgan fingerprint density at radius 2 is 2.09 bits per heavy atom. The SMILES string of the molecule is CCCn1c(SCc2nnc(C)o2)nc2ccccc2c1=O. The van der Waals surface area contributed by atoms with Crippen LogP contribution in [0.1, 0.15) is 25.1 Å². The van der Waals surface area contributed by atoms with Crippen LogP contribution in [0.4, 0.5) is 0 Å². The number of nitrogens with zero attached hydrogens (tertiary/aromatic N) is 4. The van der Waals surface area contributed by atoms with Crippen molar-refractivity contribution in [1.29, 1.82) is 0 Å². The third kappa shape index (κ3) is 2.89. The molecule has 0 fully saturated rings. The van der Waals surface area contributed by atoms with E-state index in [-0.39, 0.29) is 5.56 Å². The van der Waals surface area contributed by atoms with Gasteiger partial charge in [-0.25, -0.2) is 4.98 Å². The molecule has 3 rings (SSSR count). The fourth-order valence-electron chi connectivity index (χ4n) is 2.20. The number of benzene rings is 1. The van der Waals surface area contributed by atoms with Crippen LogP contribution in [0, 0.1) is 6.92 Å². The highest BCUT2D eigenvalue weighted by atomic mass is 32.2. The molecule has 0 aliphatic rings. The van der Waals surface area contributed by atoms with Gasteiger partial charge >= 0.3 is 0 Å². The molecule has 2 aromatic heterocycles. The van der Waals surface area contributed by atoms with Gasteiger partial charge in [0.25, 0.3) is 5.56 Å². The Hall–Kier alpha value is -2.15. The van der Waals surface area contributed by atoms with E-state index in [1.165, 1.54) is 11.8 Å². The lowest BCUT2D eigenvalue weighted by Gasteiger charge is -2.11. The summed E-state index contributed by atoms with van der Waals surface area (Å²) in [6, 6.07) is 7.41. The van der Waals surface area contributed by atoms with Gasteiger partial charge in [-0.3, -0.25) is 9.36 Å². The van der Waals surface area contributed by atoms with Gasteiger partial charge in [-0.2, -0.15) is 0 Å². The van der Waals surface area contributed by atoms with Crippen LogP contribution in [0.15, 0.2) is 38.6 Å². The minimum atomic E-state index is -0.00309. The van der Waals surface area contributed by atoms with Gasteiger partial charge in [-0.05, 0) is 18.6 Å². The van der Waals surface area contributed by atoms with Crippen molar-refractivity contribution in [3.05, 3.63) is 46.4 Å². The van der Waals surface area contributed by atoms with E-state index < -0.39 is 0 Å². The normalized spacial score (nSPS) is 11.2. The highest BCUT2D eigenvalue weighted by molar-refractivity contribution is 7.98. The predicted molar refractivity (Wildman–Crippen MR) is 84.9 cm³/mol. The molecular weight excluding hydrogens is 300 g/mol. The predicted octanol–water partition coefficient (Wildman–Crippen LogP) is 2.79. The highest BCUT2D eigenvalue weighted by Crippen LogP contribution is 2.21. The fourth-order valence-corrected chi connectivity index (χ4v) is 3.06. The zero-order valence-electron chi connectivity index (χ0n) is 12.4. The second-order valence-corrected chi connectivity index (χ2v) is 5.81. The number of rotatable bonds is 5. The average molecular weight is 316 g/mol. The number of hydrogen-bond acceptors (Lipinski definition) is 6. The molecule has 0 saturated heterocycles. The number of aryl methyl sites for hydroxylation is 1. The number of para-hydroxylation sites is 1.